The molecule has 0 bridgehead atoms. The number of alkyl halides is 6. The standard InChI is InChI=1S/C21H26F6N/c22-20(23,24)13-12-18(11-6-15-4-5-15)28-14-2-1-3-19(28)16-7-9-17(10-8-16)21(25,26)27/h1,7-10,15,18-19H,2-6,11-14H2/t18-,19+/m1/s1. The molecule has 0 N–H and O–H groups in total. The molecule has 0 unspecified atom stereocenters. The van der Waals surface area contributed by atoms with Crippen molar-refractivity contribution < 1.29 is 26.3 Å². The monoisotopic (exact) mass is 406 g/mol. The number of benzene rings is 1. The van der Waals surface area contributed by atoms with Crippen LogP contribution in [-0.4, -0.2) is 23.7 Å². The average Bonchev–Trinajstić information content (AvgIpc) is 3.45. The van der Waals surface area contributed by atoms with Crippen LogP contribution >= 0.6 is 0 Å². The van der Waals surface area contributed by atoms with E-state index in [-0.39, 0.29) is 18.5 Å². The highest BCUT2D eigenvalue weighted by molar-refractivity contribution is 5.27. The number of hydrogen-bond acceptors (Lipinski definition) is 1. The Morgan fingerprint density at radius 1 is 0.964 bits per heavy atom. The molecule has 1 saturated carbocycles. The second-order valence-corrected chi connectivity index (χ2v) is 8.01. The van der Waals surface area contributed by atoms with Crippen LogP contribution in [0, 0.1) is 12.3 Å². The van der Waals surface area contributed by atoms with Crippen molar-refractivity contribution in [3.63, 3.8) is 0 Å². The van der Waals surface area contributed by atoms with Gasteiger partial charge >= 0.3 is 12.4 Å². The first-order valence-electron chi connectivity index (χ1n) is 9.95. The van der Waals surface area contributed by atoms with Crippen LogP contribution in [0.4, 0.5) is 26.3 Å². The second kappa shape index (κ2) is 8.64. The Balaban J connectivity index is 1.75. The van der Waals surface area contributed by atoms with Gasteiger partial charge in [0.05, 0.1) is 5.56 Å². The lowest BCUT2D eigenvalue weighted by molar-refractivity contribution is -0.139. The van der Waals surface area contributed by atoms with Gasteiger partial charge in [-0.2, -0.15) is 26.3 Å². The molecule has 2 aliphatic rings. The molecule has 0 amide bonds. The molecule has 1 saturated heterocycles. The third-order valence-electron chi connectivity index (χ3n) is 5.84. The molecular weight excluding hydrogens is 380 g/mol. The number of nitrogens with zero attached hydrogens (tertiary/aromatic N) is 1. The SMILES string of the molecule is FC(F)(F)CC[C@@H](CCC1CC1)N1CC[CH]C[C@H]1c1ccc(C(F)(F)F)cc1. The van der Waals surface area contributed by atoms with Crippen molar-refractivity contribution in [2.45, 2.75) is 75.8 Å². The summed E-state index contributed by atoms with van der Waals surface area (Å²) in [5.41, 5.74) is 0.0392. The molecule has 1 aromatic rings. The van der Waals surface area contributed by atoms with E-state index in [9.17, 15) is 26.3 Å². The van der Waals surface area contributed by atoms with Crippen molar-refractivity contribution in [2.24, 2.45) is 5.92 Å². The minimum atomic E-state index is -4.39. The first-order chi connectivity index (χ1) is 13.1. The summed E-state index contributed by atoms with van der Waals surface area (Å²) in [7, 11) is 0. The molecule has 1 aliphatic carbocycles. The van der Waals surface area contributed by atoms with Gasteiger partial charge in [0.1, 0.15) is 0 Å². The molecule has 28 heavy (non-hydrogen) atoms. The maximum absolute atomic E-state index is 12.8. The van der Waals surface area contributed by atoms with E-state index >= 15 is 0 Å². The van der Waals surface area contributed by atoms with Crippen LogP contribution in [-0.2, 0) is 6.18 Å². The Hall–Kier alpha value is -1.24. The maximum atomic E-state index is 12.8. The van der Waals surface area contributed by atoms with E-state index in [4.69, 9.17) is 0 Å². The van der Waals surface area contributed by atoms with Crippen molar-refractivity contribution in [1.29, 1.82) is 0 Å². The van der Waals surface area contributed by atoms with E-state index in [1.807, 2.05) is 0 Å². The molecule has 2 fully saturated rings. The summed E-state index contributed by atoms with van der Waals surface area (Å²) in [5, 5.41) is 0. The summed E-state index contributed by atoms with van der Waals surface area (Å²) >= 11 is 0. The smallest absolute Gasteiger partial charge is 0.293 e. The third kappa shape index (κ3) is 6.13. The van der Waals surface area contributed by atoms with Gasteiger partial charge < -0.3 is 0 Å². The molecule has 1 aliphatic heterocycles. The molecule has 1 nitrogen and oxygen atoms in total. The highest BCUT2D eigenvalue weighted by Gasteiger charge is 2.36. The van der Waals surface area contributed by atoms with E-state index < -0.39 is 24.3 Å². The first-order valence-corrected chi connectivity index (χ1v) is 9.95. The first kappa shape index (κ1) is 21.5. The normalized spacial score (nSPS) is 23.0. The highest BCUT2D eigenvalue weighted by Crippen LogP contribution is 2.40. The van der Waals surface area contributed by atoms with E-state index in [1.165, 1.54) is 12.1 Å². The van der Waals surface area contributed by atoms with Crippen LogP contribution in [0.2, 0.25) is 0 Å². The Bertz CT molecular complexity index is 617. The van der Waals surface area contributed by atoms with Gasteiger partial charge in [-0.25, -0.2) is 0 Å². The number of rotatable bonds is 7. The third-order valence-corrected chi connectivity index (χ3v) is 5.84. The van der Waals surface area contributed by atoms with Gasteiger partial charge in [-0.05, 0) is 68.7 Å². The molecule has 1 radical (unpaired) electrons. The largest absolute Gasteiger partial charge is 0.416 e. The molecule has 3 rings (SSSR count). The van der Waals surface area contributed by atoms with Crippen molar-refractivity contribution in [2.75, 3.05) is 6.54 Å². The molecule has 7 heteroatoms. The molecule has 0 aromatic heterocycles. The summed E-state index contributed by atoms with van der Waals surface area (Å²) < 4.78 is 77.0. The van der Waals surface area contributed by atoms with Crippen LogP contribution in [0.1, 0.15) is 68.5 Å². The van der Waals surface area contributed by atoms with Gasteiger partial charge in [0, 0.05) is 18.5 Å². The van der Waals surface area contributed by atoms with Gasteiger partial charge in [0.2, 0.25) is 0 Å². The van der Waals surface area contributed by atoms with Gasteiger partial charge in [-0.15, -0.1) is 0 Å². The van der Waals surface area contributed by atoms with Crippen molar-refractivity contribution in [3.05, 3.63) is 41.8 Å². The molecule has 2 atom stereocenters. The van der Waals surface area contributed by atoms with Crippen LogP contribution in [0.15, 0.2) is 24.3 Å². The average molecular weight is 406 g/mol. The van der Waals surface area contributed by atoms with Crippen molar-refractivity contribution in [1.82, 2.24) is 4.90 Å². The van der Waals surface area contributed by atoms with Crippen LogP contribution < -0.4 is 0 Å². The van der Waals surface area contributed by atoms with Gasteiger partial charge in [-0.3, -0.25) is 4.90 Å². The van der Waals surface area contributed by atoms with Gasteiger partial charge in [-0.1, -0.05) is 25.0 Å². The fraction of sp³-hybridized carbons (Fsp3) is 0.667. The number of hydrogen-bond donors (Lipinski definition) is 0. The summed E-state index contributed by atoms with van der Waals surface area (Å²) in [6.07, 6.45) is -1.86. The zero-order chi connectivity index (χ0) is 20.4. The lowest BCUT2D eigenvalue weighted by atomic mass is 9.90. The molecular formula is C21H26F6N. The van der Waals surface area contributed by atoms with E-state index in [1.54, 1.807) is 0 Å². The zero-order valence-corrected chi connectivity index (χ0v) is 15.7. The molecule has 157 valence electrons. The summed E-state index contributed by atoms with van der Waals surface area (Å²) in [6, 6.07) is 4.73. The highest BCUT2D eigenvalue weighted by atomic mass is 19.4. The van der Waals surface area contributed by atoms with E-state index in [0.29, 0.717) is 18.9 Å². The Kier molecular flexibility index (Phi) is 6.62. The molecule has 1 aromatic carbocycles. The number of halogens is 6. The predicted molar refractivity (Wildman–Crippen MR) is 95.5 cm³/mol. The lowest BCUT2D eigenvalue weighted by Gasteiger charge is -2.42. The number of likely N-dealkylation sites (tertiary alicyclic amines) is 1. The fourth-order valence-electron chi connectivity index (χ4n) is 4.11. The minimum Gasteiger partial charge on any atom is -0.293 e. The van der Waals surface area contributed by atoms with Gasteiger partial charge in [0.25, 0.3) is 0 Å². The topological polar surface area (TPSA) is 3.24 Å². The molecule has 1 heterocycles. The second-order valence-electron chi connectivity index (χ2n) is 8.01. The minimum absolute atomic E-state index is 0.0490. The van der Waals surface area contributed by atoms with Crippen molar-refractivity contribution >= 4 is 0 Å². The lowest BCUT2D eigenvalue weighted by Crippen LogP contribution is -2.42. The fourth-order valence-corrected chi connectivity index (χ4v) is 4.11. The van der Waals surface area contributed by atoms with Crippen LogP contribution in [0.25, 0.3) is 0 Å². The summed E-state index contributed by atoms with van der Waals surface area (Å²) in [6.45, 7) is 0.652. The van der Waals surface area contributed by atoms with E-state index in [0.717, 1.165) is 49.8 Å². The Morgan fingerprint density at radius 2 is 1.64 bits per heavy atom. The Morgan fingerprint density at radius 3 is 2.21 bits per heavy atom. The maximum Gasteiger partial charge on any atom is 0.416 e. The van der Waals surface area contributed by atoms with Gasteiger partial charge in [0.15, 0.2) is 0 Å². The quantitative estimate of drug-likeness (QED) is 0.443. The zero-order valence-electron chi connectivity index (χ0n) is 15.7. The summed E-state index contributed by atoms with van der Waals surface area (Å²) in [5.74, 6) is 0.634. The van der Waals surface area contributed by atoms with E-state index in [2.05, 4.69) is 11.3 Å². The molecule has 0 spiro atoms. The Labute approximate surface area is 162 Å². The summed E-state index contributed by atoms with van der Waals surface area (Å²) in [4.78, 5) is 2.11. The van der Waals surface area contributed by atoms with Crippen LogP contribution in [0.5, 0.6) is 0 Å². The predicted octanol–water partition coefficient (Wildman–Crippen LogP) is 6.95. The van der Waals surface area contributed by atoms with Crippen molar-refractivity contribution in [3.8, 4) is 0 Å². The van der Waals surface area contributed by atoms with Crippen LogP contribution in [0.3, 0.4) is 0 Å². The number of piperidine rings is 1.